The Hall–Kier alpha value is -2.37. The molecule has 2 rings (SSSR count). The minimum Gasteiger partial charge on any atom is -0.336 e. The van der Waals surface area contributed by atoms with E-state index >= 15 is 0 Å². The summed E-state index contributed by atoms with van der Waals surface area (Å²) >= 11 is 0. The number of hydrogen-bond acceptors (Lipinski definition) is 3. The first kappa shape index (κ1) is 13.1. The molecule has 6 heteroatoms. The number of aryl methyl sites for hydroxylation is 1. The van der Waals surface area contributed by atoms with Crippen molar-refractivity contribution < 1.29 is 4.79 Å². The third-order valence-electron chi connectivity index (χ3n) is 2.86. The summed E-state index contributed by atoms with van der Waals surface area (Å²) in [6.45, 7) is 5.19. The summed E-state index contributed by atoms with van der Waals surface area (Å²) in [5, 5.41) is 9.65. The quantitative estimate of drug-likeness (QED) is 0.878. The Labute approximate surface area is 111 Å². The second kappa shape index (κ2) is 5.99. The van der Waals surface area contributed by atoms with Crippen LogP contribution in [-0.4, -0.2) is 27.3 Å². The molecule has 0 saturated heterocycles. The van der Waals surface area contributed by atoms with Gasteiger partial charge in [-0.2, -0.15) is 5.10 Å². The molecule has 0 atom stereocenters. The number of aromatic nitrogens is 3. The molecule has 0 aromatic carbocycles. The van der Waals surface area contributed by atoms with E-state index in [0.717, 1.165) is 11.3 Å². The van der Waals surface area contributed by atoms with E-state index in [1.807, 2.05) is 30.8 Å². The third kappa shape index (κ3) is 3.54. The normalized spacial score (nSPS) is 10.2. The molecule has 0 saturated carbocycles. The smallest absolute Gasteiger partial charge is 0.320 e. The molecule has 0 unspecified atom stereocenters. The molecule has 2 heterocycles. The van der Waals surface area contributed by atoms with Crippen molar-refractivity contribution in [1.29, 1.82) is 0 Å². The van der Waals surface area contributed by atoms with Gasteiger partial charge in [0, 0.05) is 18.4 Å². The van der Waals surface area contributed by atoms with Gasteiger partial charge in [0.1, 0.15) is 5.82 Å². The second-order valence-corrected chi connectivity index (χ2v) is 4.23. The van der Waals surface area contributed by atoms with Crippen molar-refractivity contribution in [2.24, 2.45) is 0 Å². The molecule has 2 N–H and O–H groups in total. The van der Waals surface area contributed by atoms with Crippen LogP contribution in [0.25, 0.3) is 0 Å². The fourth-order valence-electron chi connectivity index (χ4n) is 1.64. The SMILES string of the molecule is Cc1cnn(CCNC(=O)Nc2ccccn2)c1C. The molecule has 2 aromatic rings. The van der Waals surface area contributed by atoms with Crippen molar-refractivity contribution in [3.05, 3.63) is 41.9 Å². The van der Waals surface area contributed by atoms with Crippen LogP contribution >= 0.6 is 0 Å². The minimum absolute atomic E-state index is 0.264. The van der Waals surface area contributed by atoms with Gasteiger partial charge in [-0.25, -0.2) is 9.78 Å². The number of urea groups is 1. The van der Waals surface area contributed by atoms with Crippen LogP contribution in [0.3, 0.4) is 0 Å². The van der Waals surface area contributed by atoms with Crippen molar-refractivity contribution in [1.82, 2.24) is 20.1 Å². The van der Waals surface area contributed by atoms with Gasteiger partial charge in [0.2, 0.25) is 0 Å². The predicted octanol–water partition coefficient (Wildman–Crippen LogP) is 1.72. The second-order valence-electron chi connectivity index (χ2n) is 4.23. The number of anilines is 1. The summed E-state index contributed by atoms with van der Waals surface area (Å²) in [4.78, 5) is 15.6. The first-order valence-corrected chi connectivity index (χ1v) is 6.11. The lowest BCUT2D eigenvalue weighted by atomic mass is 10.3. The molecular weight excluding hydrogens is 242 g/mol. The Bertz CT molecular complexity index is 549. The number of amides is 2. The van der Waals surface area contributed by atoms with Crippen LogP contribution in [-0.2, 0) is 6.54 Å². The van der Waals surface area contributed by atoms with E-state index in [2.05, 4.69) is 20.7 Å². The zero-order valence-electron chi connectivity index (χ0n) is 11.1. The van der Waals surface area contributed by atoms with Crippen LogP contribution in [0.15, 0.2) is 30.6 Å². The minimum atomic E-state index is -0.264. The Kier molecular flexibility index (Phi) is 4.12. The van der Waals surface area contributed by atoms with Gasteiger partial charge in [-0.05, 0) is 31.5 Å². The number of carbonyl (C=O) groups is 1. The van der Waals surface area contributed by atoms with Gasteiger partial charge in [-0.15, -0.1) is 0 Å². The molecule has 0 spiro atoms. The molecular formula is C13H17N5O. The number of hydrogen-bond donors (Lipinski definition) is 2. The molecule has 0 radical (unpaired) electrons. The van der Waals surface area contributed by atoms with E-state index in [0.29, 0.717) is 18.9 Å². The highest BCUT2D eigenvalue weighted by Crippen LogP contribution is 2.03. The zero-order chi connectivity index (χ0) is 13.7. The highest BCUT2D eigenvalue weighted by Gasteiger charge is 2.04. The van der Waals surface area contributed by atoms with Crippen LogP contribution < -0.4 is 10.6 Å². The maximum atomic E-state index is 11.6. The summed E-state index contributed by atoms with van der Waals surface area (Å²) < 4.78 is 1.87. The number of nitrogens with zero attached hydrogens (tertiary/aromatic N) is 3. The van der Waals surface area contributed by atoms with Crippen molar-refractivity contribution in [3.63, 3.8) is 0 Å². The van der Waals surface area contributed by atoms with Gasteiger partial charge >= 0.3 is 6.03 Å². The highest BCUT2D eigenvalue weighted by atomic mass is 16.2. The van der Waals surface area contributed by atoms with Gasteiger partial charge in [-0.3, -0.25) is 10.00 Å². The maximum absolute atomic E-state index is 11.6. The largest absolute Gasteiger partial charge is 0.336 e. The Morgan fingerprint density at radius 3 is 2.84 bits per heavy atom. The third-order valence-corrected chi connectivity index (χ3v) is 2.86. The predicted molar refractivity (Wildman–Crippen MR) is 73.0 cm³/mol. The number of rotatable bonds is 4. The molecule has 19 heavy (non-hydrogen) atoms. The fourth-order valence-corrected chi connectivity index (χ4v) is 1.64. The van der Waals surface area contributed by atoms with Crippen LogP contribution in [0, 0.1) is 13.8 Å². The lowest BCUT2D eigenvalue weighted by Gasteiger charge is -2.08. The standard InChI is InChI=1S/C13H17N5O/c1-10-9-16-18(11(10)2)8-7-15-13(19)17-12-5-3-4-6-14-12/h3-6,9H,7-8H2,1-2H3,(H2,14,15,17,19). The van der Waals surface area contributed by atoms with Gasteiger partial charge in [0.05, 0.1) is 12.7 Å². The van der Waals surface area contributed by atoms with Crippen molar-refractivity contribution in [3.8, 4) is 0 Å². The molecule has 6 nitrogen and oxygen atoms in total. The molecule has 0 bridgehead atoms. The summed E-state index contributed by atoms with van der Waals surface area (Å²) in [7, 11) is 0. The van der Waals surface area contributed by atoms with Crippen LogP contribution in [0.5, 0.6) is 0 Å². The van der Waals surface area contributed by atoms with Gasteiger partial charge < -0.3 is 5.32 Å². The number of pyridine rings is 1. The van der Waals surface area contributed by atoms with Gasteiger partial charge in [-0.1, -0.05) is 6.07 Å². The van der Waals surface area contributed by atoms with Crippen molar-refractivity contribution >= 4 is 11.8 Å². The van der Waals surface area contributed by atoms with E-state index < -0.39 is 0 Å². The molecule has 0 aliphatic carbocycles. The molecule has 0 fully saturated rings. The molecule has 0 aliphatic rings. The number of carbonyl (C=O) groups excluding carboxylic acids is 1. The average molecular weight is 259 g/mol. The average Bonchev–Trinajstić information content (AvgIpc) is 2.72. The first-order chi connectivity index (χ1) is 9.16. The Morgan fingerprint density at radius 2 is 2.21 bits per heavy atom. The Balaban J connectivity index is 1.77. The van der Waals surface area contributed by atoms with Crippen LogP contribution in [0.4, 0.5) is 10.6 Å². The van der Waals surface area contributed by atoms with E-state index in [1.54, 1.807) is 18.3 Å². The van der Waals surface area contributed by atoms with E-state index in [4.69, 9.17) is 0 Å². The van der Waals surface area contributed by atoms with Crippen molar-refractivity contribution in [2.45, 2.75) is 20.4 Å². The van der Waals surface area contributed by atoms with Crippen LogP contribution in [0.2, 0.25) is 0 Å². The summed E-state index contributed by atoms with van der Waals surface area (Å²) in [6, 6.07) is 5.09. The topological polar surface area (TPSA) is 71.8 Å². The summed E-state index contributed by atoms with van der Waals surface area (Å²) in [5.41, 5.74) is 2.27. The molecule has 2 amide bonds. The van der Waals surface area contributed by atoms with E-state index in [-0.39, 0.29) is 6.03 Å². The van der Waals surface area contributed by atoms with Gasteiger partial charge in [0.15, 0.2) is 0 Å². The van der Waals surface area contributed by atoms with E-state index in [1.165, 1.54) is 0 Å². The fraction of sp³-hybridized carbons (Fsp3) is 0.308. The maximum Gasteiger partial charge on any atom is 0.320 e. The van der Waals surface area contributed by atoms with Crippen molar-refractivity contribution in [2.75, 3.05) is 11.9 Å². The molecule has 2 aromatic heterocycles. The monoisotopic (exact) mass is 259 g/mol. The Morgan fingerprint density at radius 1 is 1.37 bits per heavy atom. The van der Waals surface area contributed by atoms with Crippen LogP contribution in [0.1, 0.15) is 11.3 Å². The summed E-state index contributed by atoms with van der Waals surface area (Å²) in [6.07, 6.45) is 3.45. The summed E-state index contributed by atoms with van der Waals surface area (Å²) in [5.74, 6) is 0.533. The first-order valence-electron chi connectivity index (χ1n) is 6.11. The lowest BCUT2D eigenvalue weighted by Crippen LogP contribution is -2.32. The highest BCUT2D eigenvalue weighted by molar-refractivity contribution is 5.88. The van der Waals surface area contributed by atoms with Gasteiger partial charge in [0.25, 0.3) is 0 Å². The molecule has 100 valence electrons. The zero-order valence-corrected chi connectivity index (χ0v) is 11.1. The molecule has 0 aliphatic heterocycles. The lowest BCUT2D eigenvalue weighted by molar-refractivity contribution is 0.251. The van der Waals surface area contributed by atoms with E-state index in [9.17, 15) is 4.79 Å². The number of nitrogens with one attached hydrogen (secondary N) is 2.